The van der Waals surface area contributed by atoms with Crippen LogP contribution in [0.15, 0.2) is 0 Å². The molecule has 0 aromatic carbocycles. The van der Waals surface area contributed by atoms with Gasteiger partial charge in [-0.05, 0) is 13.5 Å². The second kappa shape index (κ2) is 3.85. The molecule has 0 aliphatic rings. The van der Waals surface area contributed by atoms with Crippen molar-refractivity contribution >= 4 is 10.0 Å². The largest absolute Gasteiger partial charge is 0.218 e. The summed E-state index contributed by atoms with van der Waals surface area (Å²) in [5.74, 6) is 0.188. The van der Waals surface area contributed by atoms with Crippen LogP contribution in [0.5, 0.6) is 0 Å². The van der Waals surface area contributed by atoms with Gasteiger partial charge in [-0.15, -0.1) is 0 Å². The summed E-state index contributed by atoms with van der Waals surface area (Å²) in [6.07, 6.45) is 1.30. The molecule has 0 spiro atoms. The minimum absolute atomic E-state index is 0.188. The highest BCUT2D eigenvalue weighted by atomic mass is 32.2. The average Bonchev–Trinajstić information content (AvgIpc) is 1.84. The fourth-order valence-corrected chi connectivity index (χ4v) is 1.18. The van der Waals surface area contributed by atoms with Gasteiger partial charge in [0.15, 0.2) is 0 Å². The Morgan fingerprint density at radius 1 is 1.56 bits per heavy atom. The van der Waals surface area contributed by atoms with E-state index in [1.165, 1.54) is 7.05 Å². The summed E-state index contributed by atoms with van der Waals surface area (Å²) in [6.45, 7) is 3.53. The zero-order valence-corrected chi connectivity index (χ0v) is 6.37. The maximum absolute atomic E-state index is 10.6. The third-order valence-electron chi connectivity index (χ3n) is 0.974. The average molecular weight is 150 g/mol. The first-order chi connectivity index (χ1) is 4.12. The van der Waals surface area contributed by atoms with E-state index in [2.05, 4.69) is 11.6 Å². The number of rotatable bonds is 4. The van der Waals surface area contributed by atoms with Crippen LogP contribution in [0.1, 0.15) is 12.8 Å². The monoisotopic (exact) mass is 150 g/mol. The van der Waals surface area contributed by atoms with Gasteiger partial charge in [0.1, 0.15) is 0 Å². The summed E-state index contributed by atoms with van der Waals surface area (Å²) < 4.78 is 23.5. The van der Waals surface area contributed by atoms with Gasteiger partial charge in [-0.2, -0.15) is 0 Å². The Morgan fingerprint density at radius 2 is 2.11 bits per heavy atom. The first-order valence-electron chi connectivity index (χ1n) is 2.83. The Morgan fingerprint density at radius 3 is 2.44 bits per heavy atom. The lowest BCUT2D eigenvalue weighted by Crippen LogP contribution is -2.21. The Hall–Kier alpha value is -0.0900. The predicted molar refractivity (Wildman–Crippen MR) is 37.4 cm³/mol. The Bertz CT molecular complexity index is 150. The van der Waals surface area contributed by atoms with Crippen LogP contribution in [-0.2, 0) is 10.0 Å². The first kappa shape index (κ1) is 8.91. The van der Waals surface area contributed by atoms with E-state index < -0.39 is 10.0 Å². The summed E-state index contributed by atoms with van der Waals surface area (Å²) in [5.41, 5.74) is 0. The Kier molecular flexibility index (Phi) is 3.81. The van der Waals surface area contributed by atoms with Crippen molar-refractivity contribution < 1.29 is 8.42 Å². The topological polar surface area (TPSA) is 46.2 Å². The lowest BCUT2D eigenvalue weighted by Gasteiger charge is -1.97. The van der Waals surface area contributed by atoms with Gasteiger partial charge in [0.2, 0.25) is 10.0 Å². The van der Waals surface area contributed by atoms with E-state index in [1.807, 2.05) is 0 Å². The standard InChI is InChI=1S/C5H12NO2S/c1-3-4-5-9(7,8)6-2/h6H,1,3-5H2,2H3. The van der Waals surface area contributed by atoms with Crippen LogP contribution in [0.25, 0.3) is 0 Å². The summed E-state index contributed by atoms with van der Waals surface area (Å²) >= 11 is 0. The zero-order chi connectivity index (χ0) is 7.33. The van der Waals surface area contributed by atoms with E-state index in [9.17, 15) is 8.42 Å². The first-order valence-corrected chi connectivity index (χ1v) is 4.48. The minimum atomic E-state index is -2.97. The van der Waals surface area contributed by atoms with Gasteiger partial charge in [0.05, 0.1) is 5.75 Å². The van der Waals surface area contributed by atoms with Gasteiger partial charge in [0.25, 0.3) is 0 Å². The molecule has 0 bridgehead atoms. The smallest absolute Gasteiger partial charge is 0.211 e. The van der Waals surface area contributed by atoms with Gasteiger partial charge in [0, 0.05) is 0 Å². The molecule has 0 fully saturated rings. The lowest BCUT2D eigenvalue weighted by atomic mass is 10.4. The van der Waals surface area contributed by atoms with E-state index in [0.29, 0.717) is 12.8 Å². The van der Waals surface area contributed by atoms with Gasteiger partial charge in [-0.1, -0.05) is 13.3 Å². The number of unbranched alkanes of at least 4 members (excludes halogenated alkanes) is 1. The quantitative estimate of drug-likeness (QED) is 0.620. The van der Waals surface area contributed by atoms with Crippen molar-refractivity contribution in [3.63, 3.8) is 0 Å². The van der Waals surface area contributed by atoms with Gasteiger partial charge >= 0.3 is 0 Å². The Labute approximate surface area is 56.5 Å². The molecule has 0 aliphatic heterocycles. The van der Waals surface area contributed by atoms with Crippen LogP contribution in [0.4, 0.5) is 0 Å². The van der Waals surface area contributed by atoms with Crippen molar-refractivity contribution in [3.8, 4) is 0 Å². The van der Waals surface area contributed by atoms with Crippen LogP contribution in [-0.4, -0.2) is 21.2 Å². The molecule has 0 atom stereocenters. The van der Waals surface area contributed by atoms with Crippen LogP contribution < -0.4 is 4.72 Å². The molecule has 1 radical (unpaired) electrons. The maximum atomic E-state index is 10.6. The van der Waals surface area contributed by atoms with Crippen molar-refractivity contribution in [2.75, 3.05) is 12.8 Å². The molecule has 1 N–H and O–H groups in total. The molecule has 0 saturated carbocycles. The SMILES string of the molecule is [CH2]CCCS(=O)(=O)NC. The molecular weight excluding hydrogens is 138 g/mol. The van der Waals surface area contributed by atoms with E-state index in [1.54, 1.807) is 0 Å². The number of hydrogen-bond acceptors (Lipinski definition) is 2. The van der Waals surface area contributed by atoms with E-state index in [4.69, 9.17) is 0 Å². The normalized spacial score (nSPS) is 11.8. The third-order valence-corrected chi connectivity index (χ3v) is 2.42. The van der Waals surface area contributed by atoms with E-state index in [0.717, 1.165) is 0 Å². The summed E-state index contributed by atoms with van der Waals surface area (Å²) in [6, 6.07) is 0. The van der Waals surface area contributed by atoms with Gasteiger partial charge < -0.3 is 0 Å². The molecule has 0 saturated heterocycles. The second-order valence-corrected chi connectivity index (χ2v) is 3.78. The molecule has 0 aromatic rings. The molecule has 0 unspecified atom stereocenters. The lowest BCUT2D eigenvalue weighted by molar-refractivity contribution is 0.585. The number of nitrogens with one attached hydrogen (secondary N) is 1. The predicted octanol–water partition coefficient (Wildman–Crippen LogP) is 0.150. The third kappa shape index (κ3) is 4.42. The summed E-state index contributed by atoms with van der Waals surface area (Å²) in [7, 11) is -1.56. The van der Waals surface area contributed by atoms with Gasteiger partial charge in [-0.25, -0.2) is 13.1 Å². The van der Waals surface area contributed by atoms with Crippen molar-refractivity contribution in [1.82, 2.24) is 4.72 Å². The van der Waals surface area contributed by atoms with Crippen molar-refractivity contribution in [3.05, 3.63) is 6.92 Å². The van der Waals surface area contributed by atoms with Crippen molar-refractivity contribution in [2.45, 2.75) is 12.8 Å². The molecule has 0 heterocycles. The summed E-state index contributed by atoms with van der Waals surface area (Å²) in [5, 5.41) is 0. The molecule has 0 aliphatic carbocycles. The highest BCUT2D eigenvalue weighted by Gasteiger charge is 2.03. The van der Waals surface area contributed by atoms with Crippen LogP contribution in [0.3, 0.4) is 0 Å². The van der Waals surface area contributed by atoms with Crippen LogP contribution >= 0.6 is 0 Å². The van der Waals surface area contributed by atoms with Crippen LogP contribution in [0, 0.1) is 6.92 Å². The maximum Gasteiger partial charge on any atom is 0.211 e. The number of sulfonamides is 1. The highest BCUT2D eigenvalue weighted by Crippen LogP contribution is 1.90. The minimum Gasteiger partial charge on any atom is -0.218 e. The van der Waals surface area contributed by atoms with Gasteiger partial charge in [-0.3, -0.25) is 0 Å². The Balaban J connectivity index is 3.61. The molecule has 9 heavy (non-hydrogen) atoms. The fraction of sp³-hybridized carbons (Fsp3) is 0.800. The number of hydrogen-bond donors (Lipinski definition) is 1. The zero-order valence-electron chi connectivity index (χ0n) is 5.55. The summed E-state index contributed by atoms with van der Waals surface area (Å²) in [4.78, 5) is 0. The molecular formula is C5H12NO2S. The van der Waals surface area contributed by atoms with E-state index in [-0.39, 0.29) is 5.75 Å². The fourth-order valence-electron chi connectivity index (χ4n) is 0.394. The molecule has 3 nitrogen and oxygen atoms in total. The van der Waals surface area contributed by atoms with Crippen molar-refractivity contribution in [2.24, 2.45) is 0 Å². The molecule has 0 amide bonds. The van der Waals surface area contributed by atoms with E-state index >= 15 is 0 Å². The van der Waals surface area contributed by atoms with Crippen molar-refractivity contribution in [1.29, 1.82) is 0 Å². The van der Waals surface area contributed by atoms with Crippen LogP contribution in [0.2, 0.25) is 0 Å². The molecule has 0 aromatic heterocycles. The molecule has 4 heteroatoms. The highest BCUT2D eigenvalue weighted by molar-refractivity contribution is 7.89. The molecule has 55 valence electrons. The molecule has 0 rings (SSSR count). The second-order valence-electron chi connectivity index (χ2n) is 1.73.